The van der Waals surface area contributed by atoms with E-state index in [0.717, 1.165) is 56.7 Å². The van der Waals surface area contributed by atoms with E-state index in [1.54, 1.807) is 72.8 Å². The van der Waals surface area contributed by atoms with Gasteiger partial charge in [0.15, 0.2) is 12.2 Å². The van der Waals surface area contributed by atoms with Crippen molar-refractivity contribution in [1.82, 2.24) is 0 Å². The predicted molar refractivity (Wildman–Crippen MR) is 388 cm³/mol. The molecule has 8 aromatic rings. The topological polar surface area (TPSA) is 142 Å². The largest absolute Gasteiger partial charge is 0.487 e. The van der Waals surface area contributed by atoms with Crippen molar-refractivity contribution in [2.24, 2.45) is 0 Å². The Labute approximate surface area is 615 Å². The zero-order chi connectivity index (χ0) is 68.5. The highest BCUT2D eigenvalue weighted by Gasteiger charge is 2.42. The number of rotatable bonds is 32. The number of carbonyl (C=O) groups excluding carboxylic acids is 4. The van der Waals surface area contributed by atoms with Crippen LogP contribution in [0.3, 0.4) is 0 Å². The quantitative estimate of drug-likeness (QED) is 0.0130. The molecule has 8 rings (SSSR count). The van der Waals surface area contributed by atoms with Crippen molar-refractivity contribution in [2.75, 3.05) is 52.9 Å². The summed E-state index contributed by atoms with van der Waals surface area (Å²) in [4.78, 5) is 53.5. The first-order valence-electron chi connectivity index (χ1n) is 29.4. The van der Waals surface area contributed by atoms with Crippen LogP contribution in [0.25, 0.3) is 0 Å². The van der Waals surface area contributed by atoms with Crippen LogP contribution in [0.5, 0.6) is 11.5 Å². The number of esters is 4. The van der Waals surface area contributed by atoms with Crippen LogP contribution in [0.1, 0.15) is 71.2 Å². The fraction of sp³-hybridized carbons (Fsp3) is 0.233. The molecule has 0 saturated heterocycles. The number of halogens is 10. The highest BCUT2D eigenvalue weighted by Crippen LogP contribution is 2.50. The van der Waals surface area contributed by atoms with Crippen molar-refractivity contribution in [3.05, 3.63) is 288 Å². The van der Waals surface area contributed by atoms with Crippen molar-refractivity contribution >= 4 is 157 Å². The second-order valence-electron chi connectivity index (χ2n) is 22.0. The number of hydrogen-bond acceptors (Lipinski definition) is 12. The highest BCUT2D eigenvalue weighted by atomic mass is 79.9. The Morgan fingerprint density at radius 1 is 0.400 bits per heavy atom. The molecule has 0 bridgehead atoms. The van der Waals surface area contributed by atoms with Gasteiger partial charge in [-0.3, -0.25) is 9.59 Å². The van der Waals surface area contributed by atoms with E-state index in [9.17, 15) is 19.2 Å². The van der Waals surface area contributed by atoms with E-state index in [1.807, 2.05) is 111 Å². The first-order valence-corrected chi connectivity index (χ1v) is 34.8. The molecule has 0 aromatic heterocycles. The molecule has 12 nitrogen and oxygen atoms in total. The standard InChI is InChI=1S/C73H62Br4Cl6O12/c1-5-63(84)90-37-35-88-41-57(94-65(86)39-72(45-7-19-51(78)20-8-45,46-9-21-52(79)22-10-46)47-11-23-53(80)24-12-47)43-92-69-61(74)33-31-59(67(69)76)71(3,4)60-32-34-62(75)70(68(60)77)93-44-58(42-89-36-38-91-64(85)6-2)95-66(87)40-73(48-13-25-54(81)26-14-48,49-15-27-55(82)28-16-49)50-17-29-56(83)30-18-50/h5-34,57-58H,1-2,35-44H2,3-4H3. The molecule has 22 heteroatoms. The lowest BCUT2D eigenvalue weighted by atomic mass is 9.67. The predicted octanol–water partition coefficient (Wildman–Crippen LogP) is 19.9. The molecule has 0 aliphatic carbocycles. The highest BCUT2D eigenvalue weighted by molar-refractivity contribution is 9.11. The summed E-state index contributed by atoms with van der Waals surface area (Å²) >= 11 is 53.9. The maximum absolute atomic E-state index is 14.8. The lowest BCUT2D eigenvalue weighted by Crippen LogP contribution is -2.36. The minimum absolute atomic E-state index is 0.0284. The zero-order valence-electron chi connectivity index (χ0n) is 51.1. The van der Waals surface area contributed by atoms with E-state index in [2.05, 4.69) is 76.9 Å². The van der Waals surface area contributed by atoms with Crippen LogP contribution in [0, 0.1) is 0 Å². The van der Waals surface area contributed by atoms with Crippen molar-refractivity contribution in [2.45, 2.75) is 55.1 Å². The third-order valence-electron chi connectivity index (χ3n) is 15.6. The molecule has 0 amide bonds. The van der Waals surface area contributed by atoms with Gasteiger partial charge in [0.05, 0.1) is 68.0 Å². The molecule has 0 heterocycles. The first kappa shape index (κ1) is 75.1. The van der Waals surface area contributed by atoms with Gasteiger partial charge in [0.1, 0.15) is 37.9 Å². The molecule has 0 fully saturated rings. The molecule has 0 radical (unpaired) electrons. The van der Waals surface area contributed by atoms with Crippen LogP contribution in [-0.2, 0) is 63.8 Å². The number of ether oxygens (including phenoxy) is 8. The Kier molecular flexibility index (Phi) is 27.8. The molecule has 0 aliphatic rings. The molecule has 2 atom stereocenters. The van der Waals surface area contributed by atoms with Gasteiger partial charge in [-0.05, 0) is 193 Å². The SMILES string of the molecule is C=CC(=O)OCCOCC(COc1c(Br)ccc(C(C)(C)c2ccc(Br)c(OCC(COCCOC(=O)C=C)OC(=O)CC(c3ccc(Cl)cc3)(c3ccc(Cl)cc3)c3ccc(Cl)cc3)c2Br)c1Br)OC(=O)CC(c1ccc(Cl)cc1)(c1ccc(Cl)cc1)c1ccc(Cl)cc1. The minimum Gasteiger partial charge on any atom is -0.487 e. The molecule has 8 aromatic carbocycles. The summed E-state index contributed by atoms with van der Waals surface area (Å²) in [6.07, 6.45) is -0.341. The van der Waals surface area contributed by atoms with Crippen molar-refractivity contribution < 1.29 is 57.1 Å². The molecule has 0 spiro atoms. The Bertz CT molecular complexity index is 3490. The van der Waals surface area contributed by atoms with Crippen LogP contribution < -0.4 is 9.47 Å². The zero-order valence-corrected chi connectivity index (χ0v) is 62.0. The Morgan fingerprint density at radius 2 is 0.663 bits per heavy atom. The van der Waals surface area contributed by atoms with Gasteiger partial charge in [-0.1, -0.05) is 182 Å². The van der Waals surface area contributed by atoms with Gasteiger partial charge in [-0.15, -0.1) is 0 Å². The van der Waals surface area contributed by atoms with Crippen LogP contribution in [0.2, 0.25) is 30.1 Å². The molecule has 0 N–H and O–H groups in total. The molecule has 0 aliphatic heterocycles. The summed E-state index contributed by atoms with van der Waals surface area (Å²) in [5.41, 5.74) is 2.91. The van der Waals surface area contributed by atoms with Gasteiger partial charge >= 0.3 is 23.9 Å². The summed E-state index contributed by atoms with van der Waals surface area (Å²) in [5, 5.41) is 3.02. The van der Waals surface area contributed by atoms with Gasteiger partial charge in [0.25, 0.3) is 0 Å². The lowest BCUT2D eigenvalue weighted by molar-refractivity contribution is -0.156. The molecule has 95 heavy (non-hydrogen) atoms. The second kappa shape index (κ2) is 35.2. The van der Waals surface area contributed by atoms with Gasteiger partial charge in [0.2, 0.25) is 0 Å². The van der Waals surface area contributed by atoms with Crippen LogP contribution in [0.15, 0.2) is 213 Å². The first-order chi connectivity index (χ1) is 45.5. The average molecular weight is 1660 g/mol. The number of hydrogen-bond donors (Lipinski definition) is 0. The van der Waals surface area contributed by atoms with Gasteiger partial charge in [-0.2, -0.15) is 0 Å². The monoisotopic (exact) mass is 1660 g/mol. The Hall–Kier alpha value is -5.70. The van der Waals surface area contributed by atoms with E-state index in [4.69, 9.17) is 108 Å². The normalized spacial score (nSPS) is 12.3. The lowest BCUT2D eigenvalue weighted by Gasteiger charge is -2.36. The van der Waals surface area contributed by atoms with Crippen LogP contribution >= 0.6 is 133 Å². The van der Waals surface area contributed by atoms with Crippen molar-refractivity contribution in [3.63, 3.8) is 0 Å². The average Bonchev–Trinajstić information content (AvgIpc) is 0.766. The van der Waals surface area contributed by atoms with Crippen molar-refractivity contribution in [3.8, 4) is 11.5 Å². The Morgan fingerprint density at radius 3 is 0.916 bits per heavy atom. The summed E-state index contributed by atoms with van der Waals surface area (Å²) in [6, 6.07) is 51.1. The minimum atomic E-state index is -1.14. The van der Waals surface area contributed by atoms with Gasteiger partial charge in [-0.25, -0.2) is 9.59 Å². The third kappa shape index (κ3) is 19.4. The van der Waals surface area contributed by atoms with E-state index in [0.29, 0.717) is 59.5 Å². The Balaban J connectivity index is 1.07. The summed E-state index contributed by atoms with van der Waals surface area (Å²) in [5.74, 6) is -1.67. The fourth-order valence-electron chi connectivity index (χ4n) is 10.9. The van der Waals surface area contributed by atoms with E-state index in [-0.39, 0.29) is 65.7 Å². The number of carbonyl (C=O) groups is 4. The fourth-order valence-corrected chi connectivity index (χ4v) is 15.0. The maximum atomic E-state index is 14.8. The van der Waals surface area contributed by atoms with E-state index in [1.165, 1.54) is 0 Å². The summed E-state index contributed by atoms with van der Waals surface area (Å²) in [7, 11) is 0. The summed E-state index contributed by atoms with van der Waals surface area (Å²) < 4.78 is 50.7. The molecular formula is C73H62Br4Cl6O12. The molecular weight excluding hydrogens is 1600 g/mol. The third-order valence-corrected chi connectivity index (χ3v) is 19.9. The maximum Gasteiger partial charge on any atom is 0.330 e. The molecule has 2 unspecified atom stereocenters. The smallest absolute Gasteiger partial charge is 0.330 e. The summed E-state index contributed by atoms with van der Waals surface area (Å²) in [6.45, 7) is 10.0. The van der Waals surface area contributed by atoms with Crippen LogP contribution in [-0.4, -0.2) is 88.9 Å². The van der Waals surface area contributed by atoms with Gasteiger partial charge in [0, 0.05) is 47.7 Å². The van der Waals surface area contributed by atoms with Crippen LogP contribution in [0.4, 0.5) is 0 Å². The second-order valence-corrected chi connectivity index (χ2v) is 28.0. The van der Waals surface area contributed by atoms with E-state index < -0.39 is 52.3 Å². The van der Waals surface area contributed by atoms with E-state index >= 15 is 0 Å². The molecule has 0 saturated carbocycles. The van der Waals surface area contributed by atoms with Gasteiger partial charge < -0.3 is 37.9 Å². The molecule has 496 valence electrons. The number of benzene rings is 8. The van der Waals surface area contributed by atoms with Crippen molar-refractivity contribution in [1.29, 1.82) is 0 Å².